The summed E-state index contributed by atoms with van der Waals surface area (Å²) in [5.41, 5.74) is 0.763. The van der Waals surface area contributed by atoms with E-state index in [1.54, 1.807) is 24.1 Å². The number of para-hydroxylation sites is 1. The molecule has 3 nitrogen and oxygen atoms in total. The summed E-state index contributed by atoms with van der Waals surface area (Å²) < 4.78 is 0. The predicted molar refractivity (Wildman–Crippen MR) is 72.3 cm³/mol. The Morgan fingerprint density at radius 1 is 1.47 bits per heavy atom. The van der Waals surface area contributed by atoms with Gasteiger partial charge in [0.15, 0.2) is 0 Å². The van der Waals surface area contributed by atoms with Crippen LogP contribution in [0, 0.1) is 0 Å². The zero-order valence-electron chi connectivity index (χ0n) is 10.4. The number of aromatic hydroxyl groups is 1. The summed E-state index contributed by atoms with van der Waals surface area (Å²) in [5, 5.41) is 9.76. The molecule has 0 fully saturated rings. The monoisotopic (exact) mass is 299 g/mol. The van der Waals surface area contributed by atoms with E-state index in [0.717, 1.165) is 12.0 Å². The highest BCUT2D eigenvalue weighted by Crippen LogP contribution is 2.28. The fraction of sp³-hybridized carbons (Fsp3) is 0.462. The number of carbonyl (C=O) groups excluding carboxylic acids is 1. The first-order chi connectivity index (χ1) is 7.99. The number of nitrogens with zero attached hydrogens (tertiary/aromatic N) is 1. The van der Waals surface area contributed by atoms with Gasteiger partial charge >= 0.3 is 0 Å². The topological polar surface area (TPSA) is 40.5 Å². The average Bonchev–Trinajstić information content (AvgIpc) is 2.35. The van der Waals surface area contributed by atoms with Gasteiger partial charge in [-0.15, -0.1) is 0 Å². The fourth-order valence-corrected chi connectivity index (χ4v) is 1.96. The molecule has 1 amide bonds. The molecule has 1 aromatic rings. The van der Waals surface area contributed by atoms with Crippen molar-refractivity contribution in [2.24, 2.45) is 0 Å². The minimum absolute atomic E-state index is 0.0308. The number of halogens is 1. The Morgan fingerprint density at radius 2 is 2.06 bits per heavy atom. The summed E-state index contributed by atoms with van der Waals surface area (Å²) in [5.74, 6) is 0.255. The maximum absolute atomic E-state index is 12.0. The van der Waals surface area contributed by atoms with Crippen LogP contribution in [0.5, 0.6) is 5.75 Å². The normalized spacial score (nSPS) is 14.1. The van der Waals surface area contributed by atoms with Crippen LogP contribution < -0.4 is 0 Å². The number of amides is 1. The molecular weight excluding hydrogens is 282 g/mol. The zero-order chi connectivity index (χ0) is 13.0. The van der Waals surface area contributed by atoms with Gasteiger partial charge in [-0.25, -0.2) is 0 Å². The van der Waals surface area contributed by atoms with Crippen LogP contribution in [0.15, 0.2) is 24.3 Å². The van der Waals surface area contributed by atoms with E-state index in [2.05, 4.69) is 15.9 Å². The molecule has 0 aromatic heterocycles. The zero-order valence-corrected chi connectivity index (χ0v) is 11.9. The van der Waals surface area contributed by atoms with Crippen LogP contribution in [0.2, 0.25) is 0 Å². The van der Waals surface area contributed by atoms with Crippen molar-refractivity contribution in [3.63, 3.8) is 0 Å². The van der Waals surface area contributed by atoms with Crippen LogP contribution in [0.4, 0.5) is 0 Å². The summed E-state index contributed by atoms with van der Waals surface area (Å²) >= 11 is 3.35. The Kier molecular flexibility index (Phi) is 5.00. The first-order valence-corrected chi connectivity index (χ1v) is 6.59. The van der Waals surface area contributed by atoms with Gasteiger partial charge in [0.2, 0.25) is 5.91 Å². The lowest BCUT2D eigenvalue weighted by Gasteiger charge is -2.27. The third kappa shape index (κ3) is 3.22. The molecule has 4 heteroatoms. The molecule has 94 valence electrons. The van der Waals surface area contributed by atoms with Crippen LogP contribution in [-0.2, 0) is 4.79 Å². The number of phenolic OH excluding ortho intramolecular Hbond substituents is 1. The van der Waals surface area contributed by atoms with Gasteiger partial charge in [-0.1, -0.05) is 41.1 Å². The van der Waals surface area contributed by atoms with E-state index in [0.29, 0.717) is 0 Å². The van der Waals surface area contributed by atoms with Crippen molar-refractivity contribution in [2.75, 3.05) is 7.05 Å². The summed E-state index contributed by atoms with van der Waals surface area (Å²) in [6, 6.07) is 6.95. The van der Waals surface area contributed by atoms with Gasteiger partial charge in [-0.05, 0) is 19.4 Å². The van der Waals surface area contributed by atoms with Gasteiger partial charge in [-0.2, -0.15) is 0 Å². The smallest absolute Gasteiger partial charge is 0.236 e. The lowest BCUT2D eigenvalue weighted by Crippen LogP contribution is -2.35. The molecule has 1 N–H and O–H groups in total. The van der Waals surface area contributed by atoms with Gasteiger partial charge in [0.1, 0.15) is 5.75 Å². The molecule has 0 saturated carbocycles. The van der Waals surface area contributed by atoms with E-state index in [4.69, 9.17) is 0 Å². The number of benzene rings is 1. The Hall–Kier alpha value is -1.03. The van der Waals surface area contributed by atoms with E-state index in [1.165, 1.54) is 0 Å². The van der Waals surface area contributed by atoms with Crippen molar-refractivity contribution in [2.45, 2.75) is 31.1 Å². The van der Waals surface area contributed by atoms with Crippen molar-refractivity contribution in [3.8, 4) is 5.75 Å². The van der Waals surface area contributed by atoms with E-state index in [-0.39, 0.29) is 22.5 Å². The molecule has 0 radical (unpaired) electrons. The molecule has 0 saturated heterocycles. The molecule has 0 heterocycles. The highest BCUT2D eigenvalue weighted by molar-refractivity contribution is 9.10. The summed E-state index contributed by atoms with van der Waals surface area (Å²) in [6.07, 6.45) is 0.747. The maximum atomic E-state index is 12.0. The molecule has 2 atom stereocenters. The van der Waals surface area contributed by atoms with E-state index in [1.807, 2.05) is 26.0 Å². The van der Waals surface area contributed by atoms with Crippen molar-refractivity contribution in [1.29, 1.82) is 0 Å². The van der Waals surface area contributed by atoms with Gasteiger partial charge in [-0.3, -0.25) is 4.79 Å². The lowest BCUT2D eigenvalue weighted by molar-refractivity contribution is -0.131. The van der Waals surface area contributed by atoms with E-state index in [9.17, 15) is 9.90 Å². The first kappa shape index (κ1) is 14.0. The van der Waals surface area contributed by atoms with Crippen molar-refractivity contribution < 1.29 is 9.90 Å². The van der Waals surface area contributed by atoms with Crippen LogP contribution in [0.25, 0.3) is 0 Å². The van der Waals surface area contributed by atoms with Crippen LogP contribution in [0.1, 0.15) is 31.9 Å². The third-order valence-electron chi connectivity index (χ3n) is 2.94. The van der Waals surface area contributed by atoms with Crippen LogP contribution in [-0.4, -0.2) is 27.8 Å². The number of alkyl halides is 1. The lowest BCUT2D eigenvalue weighted by atomic mass is 10.1. The molecular formula is C13H18BrNO2. The van der Waals surface area contributed by atoms with Crippen LogP contribution >= 0.6 is 15.9 Å². The molecule has 0 aliphatic carbocycles. The minimum atomic E-state index is -0.166. The Bertz CT molecular complexity index is 395. The first-order valence-electron chi connectivity index (χ1n) is 5.67. The van der Waals surface area contributed by atoms with Crippen LogP contribution in [0.3, 0.4) is 0 Å². The van der Waals surface area contributed by atoms with Gasteiger partial charge in [0.25, 0.3) is 0 Å². The van der Waals surface area contributed by atoms with E-state index < -0.39 is 0 Å². The van der Waals surface area contributed by atoms with E-state index >= 15 is 0 Å². The SMILES string of the molecule is CCC(Br)C(=O)N(C)C(C)c1ccccc1O. The summed E-state index contributed by atoms with van der Waals surface area (Å²) in [7, 11) is 1.75. The van der Waals surface area contributed by atoms with Gasteiger partial charge < -0.3 is 10.0 Å². The molecule has 1 rings (SSSR count). The fourth-order valence-electron chi connectivity index (χ4n) is 1.64. The van der Waals surface area contributed by atoms with Crippen molar-refractivity contribution in [3.05, 3.63) is 29.8 Å². The molecule has 2 unspecified atom stereocenters. The highest BCUT2D eigenvalue weighted by atomic mass is 79.9. The minimum Gasteiger partial charge on any atom is -0.508 e. The molecule has 0 spiro atoms. The van der Waals surface area contributed by atoms with Gasteiger partial charge in [0, 0.05) is 12.6 Å². The second-order valence-corrected chi connectivity index (χ2v) is 5.17. The Morgan fingerprint density at radius 3 is 2.59 bits per heavy atom. The number of hydrogen-bond donors (Lipinski definition) is 1. The average molecular weight is 300 g/mol. The third-order valence-corrected chi connectivity index (χ3v) is 3.98. The molecule has 1 aromatic carbocycles. The molecule has 0 aliphatic rings. The predicted octanol–water partition coefficient (Wildman–Crippen LogP) is 3.09. The highest BCUT2D eigenvalue weighted by Gasteiger charge is 2.23. The molecule has 0 aliphatic heterocycles. The van der Waals surface area contributed by atoms with Gasteiger partial charge in [0.05, 0.1) is 10.9 Å². The second-order valence-electron chi connectivity index (χ2n) is 4.06. The number of phenols is 1. The maximum Gasteiger partial charge on any atom is 0.236 e. The Labute approximate surface area is 111 Å². The Balaban J connectivity index is 2.87. The van der Waals surface area contributed by atoms with Crippen molar-refractivity contribution >= 4 is 21.8 Å². The quantitative estimate of drug-likeness (QED) is 0.868. The molecule has 17 heavy (non-hydrogen) atoms. The number of carbonyl (C=O) groups is 1. The standard InChI is InChI=1S/C13H18BrNO2/c1-4-11(14)13(17)15(3)9(2)10-7-5-6-8-12(10)16/h5-9,11,16H,4H2,1-3H3. The summed E-state index contributed by atoms with van der Waals surface area (Å²) in [6.45, 7) is 3.86. The second kappa shape index (κ2) is 6.05. The largest absolute Gasteiger partial charge is 0.508 e. The molecule has 0 bridgehead atoms. The number of rotatable bonds is 4. The van der Waals surface area contributed by atoms with Crippen molar-refractivity contribution in [1.82, 2.24) is 4.90 Å². The summed E-state index contributed by atoms with van der Waals surface area (Å²) in [4.78, 5) is 13.5. The number of hydrogen-bond acceptors (Lipinski definition) is 2.